The summed E-state index contributed by atoms with van der Waals surface area (Å²) in [5.41, 5.74) is 0.616. The van der Waals surface area contributed by atoms with Crippen LogP contribution in [-0.4, -0.2) is 37.0 Å². The highest BCUT2D eigenvalue weighted by atomic mass is 79.9. The van der Waals surface area contributed by atoms with Gasteiger partial charge in [-0.1, -0.05) is 35.0 Å². The fourth-order valence-electron chi connectivity index (χ4n) is 3.07. The molecule has 0 bridgehead atoms. The largest absolute Gasteiger partial charge is 0.342 e. The quantitative estimate of drug-likeness (QED) is 0.806. The van der Waals surface area contributed by atoms with Crippen molar-refractivity contribution in [2.45, 2.75) is 39.0 Å². The molecule has 23 heavy (non-hydrogen) atoms. The fraction of sp³-hybridized carbons (Fsp3) is 0.611. The number of benzene rings is 1. The van der Waals surface area contributed by atoms with E-state index in [0.29, 0.717) is 5.92 Å². The van der Waals surface area contributed by atoms with E-state index >= 15 is 0 Å². The number of carbonyl (C=O) groups excluding carboxylic acids is 1. The molecular weight excluding hydrogens is 376 g/mol. The van der Waals surface area contributed by atoms with Crippen LogP contribution < -0.4 is 5.32 Å². The van der Waals surface area contributed by atoms with Gasteiger partial charge in [0.2, 0.25) is 5.91 Å². The fourth-order valence-corrected chi connectivity index (χ4v) is 3.34. The molecule has 1 aliphatic heterocycles. The second kappa shape index (κ2) is 9.05. The zero-order valence-electron chi connectivity index (χ0n) is 14.3. The average Bonchev–Trinajstić information content (AvgIpc) is 2.53. The Bertz CT molecular complexity index is 496. The first-order valence-electron chi connectivity index (χ1n) is 8.21. The third kappa shape index (κ3) is 5.20. The maximum absolute atomic E-state index is 12.9. The summed E-state index contributed by atoms with van der Waals surface area (Å²) in [5, 5.41) is 3.42. The molecule has 0 saturated carbocycles. The third-order valence-electron chi connectivity index (χ3n) is 4.69. The molecule has 1 aromatic carbocycles. The minimum atomic E-state index is -0.463. The van der Waals surface area contributed by atoms with Crippen molar-refractivity contribution in [2.75, 3.05) is 26.2 Å². The number of nitrogens with one attached hydrogen (secondary N) is 1. The van der Waals surface area contributed by atoms with Crippen LogP contribution >= 0.6 is 28.3 Å². The van der Waals surface area contributed by atoms with Crippen molar-refractivity contribution in [1.29, 1.82) is 0 Å². The lowest BCUT2D eigenvalue weighted by Crippen LogP contribution is -2.47. The predicted octanol–water partition coefficient (Wildman–Crippen LogP) is 4.00. The topological polar surface area (TPSA) is 32.3 Å². The van der Waals surface area contributed by atoms with Crippen LogP contribution in [0.25, 0.3) is 0 Å². The molecule has 1 aliphatic rings. The van der Waals surface area contributed by atoms with Gasteiger partial charge in [0.05, 0.1) is 5.41 Å². The van der Waals surface area contributed by atoms with Crippen molar-refractivity contribution in [3.8, 4) is 0 Å². The molecule has 5 heteroatoms. The summed E-state index contributed by atoms with van der Waals surface area (Å²) in [7, 11) is 0. The van der Waals surface area contributed by atoms with Gasteiger partial charge in [0, 0.05) is 17.6 Å². The number of carbonyl (C=O) groups is 1. The van der Waals surface area contributed by atoms with E-state index in [4.69, 9.17) is 0 Å². The van der Waals surface area contributed by atoms with E-state index in [1.165, 1.54) is 0 Å². The van der Waals surface area contributed by atoms with E-state index in [1.54, 1.807) is 0 Å². The van der Waals surface area contributed by atoms with Crippen molar-refractivity contribution in [3.63, 3.8) is 0 Å². The van der Waals surface area contributed by atoms with Gasteiger partial charge in [0.25, 0.3) is 0 Å². The first-order valence-corrected chi connectivity index (χ1v) is 9.00. The first-order chi connectivity index (χ1) is 10.4. The summed E-state index contributed by atoms with van der Waals surface area (Å²) in [5.74, 6) is 0.955. The number of rotatable bonds is 5. The van der Waals surface area contributed by atoms with Crippen LogP contribution in [0.1, 0.15) is 39.2 Å². The minimum absolute atomic E-state index is 0. The third-order valence-corrected chi connectivity index (χ3v) is 5.21. The van der Waals surface area contributed by atoms with E-state index in [1.807, 2.05) is 43.0 Å². The Hall–Kier alpha value is -0.580. The molecule has 1 amide bonds. The Kier molecular flexibility index (Phi) is 8.05. The summed E-state index contributed by atoms with van der Waals surface area (Å²) in [6, 6.07) is 8.10. The highest BCUT2D eigenvalue weighted by molar-refractivity contribution is 9.10. The van der Waals surface area contributed by atoms with Gasteiger partial charge >= 0.3 is 0 Å². The smallest absolute Gasteiger partial charge is 0.232 e. The molecule has 0 aliphatic carbocycles. The molecule has 1 aromatic rings. The van der Waals surface area contributed by atoms with Crippen LogP contribution in [0.2, 0.25) is 0 Å². The summed E-state index contributed by atoms with van der Waals surface area (Å²) in [6.45, 7) is 10.1. The van der Waals surface area contributed by atoms with Crippen molar-refractivity contribution in [3.05, 3.63) is 34.3 Å². The minimum Gasteiger partial charge on any atom is -0.342 e. The van der Waals surface area contributed by atoms with Crippen molar-refractivity contribution in [1.82, 2.24) is 10.2 Å². The van der Waals surface area contributed by atoms with Crippen LogP contribution in [0, 0.1) is 5.92 Å². The Morgan fingerprint density at radius 1 is 1.26 bits per heavy atom. The van der Waals surface area contributed by atoms with E-state index in [9.17, 15) is 4.79 Å². The SMILES string of the molecule is CCNCC1CCN(C(=O)C(C)(C)c2ccc(Br)cc2)CC1.Cl. The van der Waals surface area contributed by atoms with Crippen LogP contribution in [0.15, 0.2) is 28.7 Å². The van der Waals surface area contributed by atoms with Crippen LogP contribution in [0.4, 0.5) is 0 Å². The molecule has 0 atom stereocenters. The maximum Gasteiger partial charge on any atom is 0.232 e. The van der Waals surface area contributed by atoms with E-state index in [-0.39, 0.29) is 18.3 Å². The van der Waals surface area contributed by atoms with Gasteiger partial charge in [-0.15, -0.1) is 12.4 Å². The zero-order chi connectivity index (χ0) is 16.2. The number of piperidine rings is 1. The molecule has 1 N–H and O–H groups in total. The maximum atomic E-state index is 12.9. The van der Waals surface area contributed by atoms with Crippen LogP contribution in [0.3, 0.4) is 0 Å². The Morgan fingerprint density at radius 2 is 1.83 bits per heavy atom. The zero-order valence-corrected chi connectivity index (χ0v) is 16.7. The van der Waals surface area contributed by atoms with E-state index < -0.39 is 5.41 Å². The molecule has 0 unspecified atom stereocenters. The molecule has 3 nitrogen and oxygen atoms in total. The lowest BCUT2D eigenvalue weighted by atomic mass is 9.82. The number of nitrogens with zero attached hydrogens (tertiary/aromatic N) is 1. The average molecular weight is 404 g/mol. The summed E-state index contributed by atoms with van der Waals surface area (Å²) >= 11 is 3.45. The first kappa shape index (κ1) is 20.5. The van der Waals surface area contributed by atoms with Gasteiger partial charge in [-0.25, -0.2) is 0 Å². The molecule has 0 spiro atoms. The molecule has 1 heterocycles. The lowest BCUT2D eigenvalue weighted by Gasteiger charge is -2.37. The van der Waals surface area contributed by atoms with Crippen LogP contribution in [-0.2, 0) is 10.2 Å². The second-order valence-corrected chi connectivity index (χ2v) is 7.59. The summed E-state index contributed by atoms with van der Waals surface area (Å²) in [4.78, 5) is 15.0. The van der Waals surface area contributed by atoms with Crippen LogP contribution in [0.5, 0.6) is 0 Å². The van der Waals surface area contributed by atoms with Crippen molar-refractivity contribution >= 4 is 34.2 Å². The molecule has 130 valence electrons. The standard InChI is InChI=1S/C18H27BrN2O.ClH/c1-4-20-13-14-9-11-21(12-10-14)17(22)18(2,3)15-5-7-16(19)8-6-15;/h5-8,14,20H,4,9-13H2,1-3H3;1H. The monoisotopic (exact) mass is 402 g/mol. The summed E-state index contributed by atoms with van der Waals surface area (Å²) in [6.07, 6.45) is 2.21. The molecule has 1 fully saturated rings. The number of hydrogen-bond donors (Lipinski definition) is 1. The van der Waals surface area contributed by atoms with Crippen molar-refractivity contribution < 1.29 is 4.79 Å². The van der Waals surface area contributed by atoms with Gasteiger partial charge < -0.3 is 10.2 Å². The number of amides is 1. The van der Waals surface area contributed by atoms with Gasteiger partial charge in [-0.05, 0) is 63.4 Å². The van der Waals surface area contributed by atoms with Gasteiger partial charge in [-0.2, -0.15) is 0 Å². The Morgan fingerprint density at radius 3 is 2.35 bits per heavy atom. The number of hydrogen-bond acceptors (Lipinski definition) is 2. The highest BCUT2D eigenvalue weighted by Gasteiger charge is 2.35. The molecular formula is C18H28BrClN2O. The molecule has 0 aromatic heterocycles. The van der Waals surface area contributed by atoms with E-state index in [0.717, 1.165) is 49.1 Å². The highest BCUT2D eigenvalue weighted by Crippen LogP contribution is 2.29. The predicted molar refractivity (Wildman–Crippen MR) is 102 cm³/mol. The van der Waals surface area contributed by atoms with Gasteiger partial charge in [0.1, 0.15) is 0 Å². The number of likely N-dealkylation sites (tertiary alicyclic amines) is 1. The Labute approximate surface area is 154 Å². The summed E-state index contributed by atoms with van der Waals surface area (Å²) < 4.78 is 1.05. The van der Waals surface area contributed by atoms with Crippen molar-refractivity contribution in [2.24, 2.45) is 5.92 Å². The normalized spacial score (nSPS) is 16.1. The second-order valence-electron chi connectivity index (χ2n) is 6.68. The van der Waals surface area contributed by atoms with Gasteiger partial charge in [0.15, 0.2) is 0 Å². The molecule has 1 saturated heterocycles. The molecule has 2 rings (SSSR count). The van der Waals surface area contributed by atoms with Gasteiger partial charge in [-0.3, -0.25) is 4.79 Å². The lowest BCUT2D eigenvalue weighted by molar-refractivity contribution is -0.137. The molecule has 0 radical (unpaired) electrons. The number of halogens is 2. The van der Waals surface area contributed by atoms with E-state index in [2.05, 4.69) is 28.2 Å². The Balaban J connectivity index is 0.00000264.